The lowest BCUT2D eigenvalue weighted by Crippen LogP contribution is -2.12. The maximum atomic E-state index is 12.7. The van der Waals surface area contributed by atoms with Crippen molar-refractivity contribution in [2.45, 2.75) is 0 Å². The van der Waals surface area contributed by atoms with Gasteiger partial charge in [-0.15, -0.1) is 11.3 Å². The summed E-state index contributed by atoms with van der Waals surface area (Å²) in [6.45, 7) is 0. The van der Waals surface area contributed by atoms with Crippen LogP contribution in [0.3, 0.4) is 0 Å². The number of nitrogens with one attached hydrogen (secondary N) is 2. The monoisotopic (exact) mass is 364 g/mol. The lowest BCUT2D eigenvalue weighted by atomic mass is 10.1. The Bertz CT molecular complexity index is 1190. The molecule has 0 aliphatic carbocycles. The van der Waals surface area contributed by atoms with Crippen LogP contribution >= 0.6 is 11.3 Å². The van der Waals surface area contributed by atoms with Gasteiger partial charge in [0.25, 0.3) is 5.91 Å². The van der Waals surface area contributed by atoms with Crippen molar-refractivity contribution >= 4 is 49.6 Å². The van der Waals surface area contributed by atoms with E-state index in [0.717, 1.165) is 21.8 Å². The minimum absolute atomic E-state index is 0.178. The Labute approximate surface area is 153 Å². The number of nitrogens with zero attached hydrogens (tertiary/aromatic N) is 2. The van der Waals surface area contributed by atoms with Crippen LogP contribution in [0.5, 0.6) is 0 Å². The molecule has 0 saturated carbocycles. The summed E-state index contributed by atoms with van der Waals surface area (Å²) in [7, 11) is 3.96. The largest absolute Gasteiger partial charge is 0.377 e. The van der Waals surface area contributed by atoms with Gasteiger partial charge in [-0.3, -0.25) is 14.6 Å². The molecule has 0 saturated heterocycles. The SMILES string of the molecule is CN(C)c1ccc(NC(=O)c2cc3ccc(=O)[nH]c3s2)c2cnccc12. The molecule has 0 atom stereocenters. The average Bonchev–Trinajstić information content (AvgIpc) is 3.05. The fraction of sp³-hybridized carbons (Fsp3) is 0.105. The molecule has 2 N–H and O–H groups in total. The van der Waals surface area contributed by atoms with Crippen LogP contribution in [-0.4, -0.2) is 30.0 Å². The number of carbonyl (C=O) groups is 1. The molecule has 4 rings (SSSR count). The van der Waals surface area contributed by atoms with Crippen molar-refractivity contribution in [3.63, 3.8) is 0 Å². The summed E-state index contributed by atoms with van der Waals surface area (Å²) in [6, 6.07) is 10.7. The molecule has 0 aliphatic heterocycles. The molecular weight excluding hydrogens is 348 g/mol. The van der Waals surface area contributed by atoms with Crippen LogP contribution in [0, 0.1) is 0 Å². The van der Waals surface area contributed by atoms with Gasteiger partial charge >= 0.3 is 0 Å². The first-order valence-corrected chi connectivity index (χ1v) is 8.83. The zero-order valence-electron chi connectivity index (χ0n) is 14.2. The second kappa shape index (κ2) is 6.27. The predicted molar refractivity (Wildman–Crippen MR) is 106 cm³/mol. The van der Waals surface area contributed by atoms with Crippen molar-refractivity contribution in [1.29, 1.82) is 0 Å². The molecule has 1 aromatic carbocycles. The highest BCUT2D eigenvalue weighted by Crippen LogP contribution is 2.31. The van der Waals surface area contributed by atoms with E-state index in [9.17, 15) is 9.59 Å². The van der Waals surface area contributed by atoms with Gasteiger partial charge in [-0.1, -0.05) is 0 Å². The van der Waals surface area contributed by atoms with Crippen LogP contribution < -0.4 is 15.8 Å². The lowest BCUT2D eigenvalue weighted by molar-refractivity contribution is 0.103. The van der Waals surface area contributed by atoms with Gasteiger partial charge in [-0.05, 0) is 30.3 Å². The number of amides is 1. The highest BCUT2D eigenvalue weighted by Gasteiger charge is 2.14. The molecule has 3 heterocycles. The van der Waals surface area contributed by atoms with Crippen LogP contribution in [-0.2, 0) is 0 Å². The van der Waals surface area contributed by atoms with Crippen molar-refractivity contribution in [3.05, 3.63) is 64.0 Å². The number of aromatic nitrogens is 2. The highest BCUT2D eigenvalue weighted by molar-refractivity contribution is 7.20. The first kappa shape index (κ1) is 16.3. The summed E-state index contributed by atoms with van der Waals surface area (Å²) < 4.78 is 0. The first-order valence-electron chi connectivity index (χ1n) is 8.01. The first-order chi connectivity index (χ1) is 12.5. The summed E-state index contributed by atoms with van der Waals surface area (Å²) in [5.74, 6) is -0.213. The van der Waals surface area contributed by atoms with E-state index in [2.05, 4.69) is 15.3 Å². The number of benzene rings is 1. The molecule has 130 valence electrons. The molecule has 7 heteroatoms. The minimum atomic E-state index is -0.213. The van der Waals surface area contributed by atoms with Crippen LogP contribution in [0.4, 0.5) is 11.4 Å². The predicted octanol–water partition coefficient (Wildman–Crippen LogP) is 3.46. The number of fused-ring (bicyclic) bond motifs is 2. The zero-order valence-corrected chi connectivity index (χ0v) is 15.1. The Morgan fingerprint density at radius 2 is 2.00 bits per heavy atom. The molecule has 4 aromatic rings. The molecule has 0 spiro atoms. The van der Waals surface area contributed by atoms with Crippen LogP contribution in [0.1, 0.15) is 9.67 Å². The number of rotatable bonds is 3. The second-order valence-corrected chi connectivity index (χ2v) is 7.17. The van der Waals surface area contributed by atoms with Crippen molar-refractivity contribution in [3.8, 4) is 0 Å². The Hall–Kier alpha value is -3.19. The van der Waals surface area contributed by atoms with Gasteiger partial charge < -0.3 is 15.2 Å². The fourth-order valence-corrected chi connectivity index (χ4v) is 3.86. The van der Waals surface area contributed by atoms with Gasteiger partial charge in [0.2, 0.25) is 5.56 Å². The van der Waals surface area contributed by atoms with E-state index in [0.29, 0.717) is 15.4 Å². The van der Waals surface area contributed by atoms with Crippen molar-refractivity contribution in [2.75, 3.05) is 24.3 Å². The molecular formula is C19H16N4O2S. The third-order valence-corrected chi connectivity index (χ3v) is 5.23. The third-order valence-electron chi connectivity index (χ3n) is 4.16. The van der Waals surface area contributed by atoms with Crippen LogP contribution in [0.15, 0.2) is 53.6 Å². The summed E-state index contributed by atoms with van der Waals surface area (Å²) >= 11 is 1.26. The zero-order chi connectivity index (χ0) is 18.3. The van der Waals surface area contributed by atoms with E-state index >= 15 is 0 Å². The Morgan fingerprint density at radius 3 is 2.81 bits per heavy atom. The number of anilines is 2. The number of pyridine rings is 2. The van der Waals surface area contributed by atoms with Gasteiger partial charge in [0.05, 0.1) is 10.6 Å². The van der Waals surface area contributed by atoms with E-state index in [4.69, 9.17) is 0 Å². The second-order valence-electron chi connectivity index (χ2n) is 6.12. The molecule has 1 amide bonds. The topological polar surface area (TPSA) is 78.1 Å². The number of aromatic amines is 1. The minimum Gasteiger partial charge on any atom is -0.377 e. The maximum Gasteiger partial charge on any atom is 0.265 e. The van der Waals surface area contributed by atoms with Crippen molar-refractivity contribution < 1.29 is 4.79 Å². The van der Waals surface area contributed by atoms with Crippen LogP contribution in [0.2, 0.25) is 0 Å². The quantitative estimate of drug-likeness (QED) is 0.584. The highest BCUT2D eigenvalue weighted by atomic mass is 32.1. The lowest BCUT2D eigenvalue weighted by Gasteiger charge is -2.17. The molecule has 6 nitrogen and oxygen atoms in total. The molecule has 0 fully saturated rings. The standard InChI is InChI=1S/C19H16N4O2S/c1-23(2)15-5-4-14(13-10-20-8-7-12(13)15)21-18(25)16-9-11-3-6-17(24)22-19(11)26-16/h3-10H,1-2H3,(H,21,25)(H,22,24). The number of hydrogen-bond donors (Lipinski definition) is 2. The molecule has 26 heavy (non-hydrogen) atoms. The van der Waals surface area contributed by atoms with Gasteiger partial charge in [0.1, 0.15) is 4.83 Å². The van der Waals surface area contributed by atoms with E-state index in [1.54, 1.807) is 24.5 Å². The molecule has 3 aromatic heterocycles. The molecule has 0 aliphatic rings. The van der Waals surface area contributed by atoms with Gasteiger partial charge in [0.15, 0.2) is 0 Å². The molecule has 0 radical (unpaired) electrons. The van der Waals surface area contributed by atoms with Crippen molar-refractivity contribution in [2.24, 2.45) is 0 Å². The average molecular weight is 364 g/mol. The van der Waals surface area contributed by atoms with E-state index in [-0.39, 0.29) is 11.5 Å². The Balaban J connectivity index is 1.73. The van der Waals surface area contributed by atoms with Gasteiger partial charge in [0, 0.05) is 54.4 Å². The van der Waals surface area contributed by atoms with Crippen LogP contribution in [0.25, 0.3) is 21.0 Å². The van der Waals surface area contributed by atoms with Gasteiger partial charge in [-0.2, -0.15) is 0 Å². The number of H-pyrrole nitrogens is 1. The normalized spacial score (nSPS) is 11.0. The maximum absolute atomic E-state index is 12.7. The molecule has 0 unspecified atom stereocenters. The van der Waals surface area contributed by atoms with E-state index < -0.39 is 0 Å². The van der Waals surface area contributed by atoms with Gasteiger partial charge in [-0.25, -0.2) is 0 Å². The van der Waals surface area contributed by atoms with Crippen molar-refractivity contribution in [1.82, 2.24) is 9.97 Å². The summed E-state index contributed by atoms with van der Waals surface area (Å²) in [6.07, 6.45) is 3.49. The third kappa shape index (κ3) is 2.82. The summed E-state index contributed by atoms with van der Waals surface area (Å²) in [5.41, 5.74) is 1.58. The summed E-state index contributed by atoms with van der Waals surface area (Å²) in [4.78, 5) is 34.3. The Kier molecular flexibility index (Phi) is 3.93. The smallest absolute Gasteiger partial charge is 0.265 e. The number of hydrogen-bond acceptors (Lipinski definition) is 5. The van der Waals surface area contributed by atoms with E-state index in [1.165, 1.54) is 17.4 Å². The number of carbonyl (C=O) groups excluding carboxylic acids is 1. The van der Waals surface area contributed by atoms with E-state index in [1.807, 2.05) is 37.2 Å². The summed E-state index contributed by atoms with van der Waals surface area (Å²) in [5, 5.41) is 5.70. The fourth-order valence-electron chi connectivity index (χ4n) is 2.91. The number of thiophene rings is 1. The Morgan fingerprint density at radius 1 is 1.15 bits per heavy atom. The molecule has 0 bridgehead atoms.